The highest BCUT2D eigenvalue weighted by molar-refractivity contribution is 5.30. The van der Waals surface area contributed by atoms with E-state index < -0.39 is 0 Å². The molecule has 0 spiro atoms. The molecule has 4 nitrogen and oxygen atoms in total. The van der Waals surface area contributed by atoms with Crippen molar-refractivity contribution in [1.82, 2.24) is 5.43 Å². The van der Waals surface area contributed by atoms with Gasteiger partial charge >= 0.3 is 0 Å². The van der Waals surface area contributed by atoms with Crippen LogP contribution in [0.25, 0.3) is 0 Å². The Hall–Kier alpha value is -1.17. The molecule has 0 saturated heterocycles. The van der Waals surface area contributed by atoms with E-state index in [0.717, 1.165) is 0 Å². The zero-order valence-corrected chi connectivity index (χ0v) is 11.1. The number of nitrogens with two attached hydrogens (primary N) is 1. The molecule has 0 amide bonds. The van der Waals surface area contributed by atoms with Crippen LogP contribution in [0.2, 0.25) is 0 Å². The van der Waals surface area contributed by atoms with Crippen LogP contribution in [0.5, 0.6) is 5.75 Å². The summed E-state index contributed by atoms with van der Waals surface area (Å²) in [6, 6.07) is 4.55. The van der Waals surface area contributed by atoms with Gasteiger partial charge in [0.2, 0.25) is 0 Å². The molecule has 2 unspecified atom stereocenters. The van der Waals surface area contributed by atoms with Crippen molar-refractivity contribution in [1.29, 1.82) is 0 Å². The molecule has 1 aromatic carbocycles. The van der Waals surface area contributed by atoms with Gasteiger partial charge in [0.15, 0.2) is 0 Å². The largest absolute Gasteiger partial charge is 0.497 e. The minimum absolute atomic E-state index is 0.235. The zero-order chi connectivity index (χ0) is 13.5. The molecule has 0 fully saturated rings. The molecule has 0 saturated carbocycles. The number of ether oxygens (including phenoxy) is 2. The number of halogens is 1. The Bertz CT molecular complexity index is 374. The van der Waals surface area contributed by atoms with Crippen molar-refractivity contribution in [2.24, 2.45) is 11.8 Å². The maximum Gasteiger partial charge on any atom is 0.131 e. The summed E-state index contributed by atoms with van der Waals surface area (Å²) in [6.07, 6.45) is 0.702. The lowest BCUT2D eigenvalue weighted by atomic mass is 9.96. The molecule has 0 aliphatic heterocycles. The molecule has 3 N–H and O–H groups in total. The van der Waals surface area contributed by atoms with Crippen molar-refractivity contribution in [3.8, 4) is 5.75 Å². The first-order valence-electron chi connectivity index (χ1n) is 5.90. The normalized spacial score (nSPS) is 14.3. The van der Waals surface area contributed by atoms with E-state index in [1.165, 1.54) is 13.2 Å². The van der Waals surface area contributed by atoms with Gasteiger partial charge in [-0.25, -0.2) is 4.39 Å². The first-order valence-corrected chi connectivity index (χ1v) is 5.90. The van der Waals surface area contributed by atoms with Gasteiger partial charge in [0, 0.05) is 31.4 Å². The van der Waals surface area contributed by atoms with Crippen LogP contribution in [-0.2, 0) is 4.74 Å². The molecular weight excluding hydrogens is 235 g/mol. The second kappa shape index (κ2) is 7.31. The Balaban J connectivity index is 2.81. The van der Waals surface area contributed by atoms with Crippen molar-refractivity contribution in [2.45, 2.75) is 19.4 Å². The SMILES string of the molecule is COCC(C)CC(NN)c1ccc(OC)cc1F. The molecule has 1 rings (SSSR count). The Morgan fingerprint density at radius 3 is 2.61 bits per heavy atom. The standard InChI is InChI=1S/C13H21FN2O2/c1-9(8-17-2)6-13(16-15)11-5-4-10(18-3)7-12(11)14/h4-5,7,9,13,16H,6,8,15H2,1-3H3. The number of benzene rings is 1. The predicted octanol–water partition coefficient (Wildman–Crippen LogP) is 2.01. The highest BCUT2D eigenvalue weighted by Gasteiger charge is 2.18. The van der Waals surface area contributed by atoms with Crippen LogP contribution in [-0.4, -0.2) is 20.8 Å². The molecule has 1 aromatic rings. The van der Waals surface area contributed by atoms with E-state index in [1.807, 2.05) is 6.92 Å². The highest BCUT2D eigenvalue weighted by Crippen LogP contribution is 2.26. The molecule has 2 atom stereocenters. The van der Waals surface area contributed by atoms with Crippen molar-refractivity contribution in [3.05, 3.63) is 29.6 Å². The summed E-state index contributed by atoms with van der Waals surface area (Å²) in [5.41, 5.74) is 3.19. The number of hydrazine groups is 1. The minimum Gasteiger partial charge on any atom is -0.497 e. The van der Waals surface area contributed by atoms with Gasteiger partial charge in [-0.15, -0.1) is 0 Å². The van der Waals surface area contributed by atoms with Gasteiger partial charge in [0.25, 0.3) is 0 Å². The van der Waals surface area contributed by atoms with Crippen molar-refractivity contribution in [3.63, 3.8) is 0 Å². The van der Waals surface area contributed by atoms with Gasteiger partial charge < -0.3 is 9.47 Å². The van der Waals surface area contributed by atoms with E-state index in [2.05, 4.69) is 5.43 Å². The van der Waals surface area contributed by atoms with Crippen LogP contribution in [0.15, 0.2) is 18.2 Å². The van der Waals surface area contributed by atoms with E-state index in [4.69, 9.17) is 15.3 Å². The van der Waals surface area contributed by atoms with Crippen LogP contribution in [0.3, 0.4) is 0 Å². The van der Waals surface area contributed by atoms with E-state index in [1.54, 1.807) is 19.2 Å². The molecule has 0 aliphatic rings. The fourth-order valence-electron chi connectivity index (χ4n) is 1.96. The first kappa shape index (κ1) is 14.9. The average Bonchev–Trinajstić information content (AvgIpc) is 2.36. The summed E-state index contributed by atoms with van der Waals surface area (Å²) < 4.78 is 23.9. The zero-order valence-electron chi connectivity index (χ0n) is 11.1. The molecule has 0 bridgehead atoms. The number of hydrogen-bond acceptors (Lipinski definition) is 4. The van der Waals surface area contributed by atoms with E-state index >= 15 is 0 Å². The smallest absolute Gasteiger partial charge is 0.131 e. The number of nitrogens with one attached hydrogen (secondary N) is 1. The third-order valence-corrected chi connectivity index (χ3v) is 2.87. The lowest BCUT2D eigenvalue weighted by Gasteiger charge is -2.21. The van der Waals surface area contributed by atoms with Crippen LogP contribution >= 0.6 is 0 Å². The average molecular weight is 256 g/mol. The third-order valence-electron chi connectivity index (χ3n) is 2.87. The number of hydrogen-bond donors (Lipinski definition) is 2. The van der Waals surface area contributed by atoms with Gasteiger partial charge in [-0.2, -0.15) is 0 Å². The molecule has 0 heterocycles. The van der Waals surface area contributed by atoms with Crippen LogP contribution in [0, 0.1) is 11.7 Å². The Morgan fingerprint density at radius 1 is 1.39 bits per heavy atom. The highest BCUT2D eigenvalue weighted by atomic mass is 19.1. The summed E-state index contributed by atoms with van der Waals surface area (Å²) in [6.45, 7) is 2.66. The molecule has 0 radical (unpaired) electrons. The first-order chi connectivity index (χ1) is 8.62. The summed E-state index contributed by atoms with van der Waals surface area (Å²) in [5.74, 6) is 5.97. The monoisotopic (exact) mass is 256 g/mol. The Morgan fingerprint density at radius 2 is 2.11 bits per heavy atom. The van der Waals surface area contributed by atoms with Crippen molar-refractivity contribution < 1.29 is 13.9 Å². The predicted molar refractivity (Wildman–Crippen MR) is 68.7 cm³/mol. The second-order valence-corrected chi connectivity index (χ2v) is 4.40. The third kappa shape index (κ3) is 3.94. The van der Waals surface area contributed by atoms with Gasteiger partial charge in [-0.05, 0) is 18.4 Å². The van der Waals surface area contributed by atoms with Gasteiger partial charge in [-0.3, -0.25) is 11.3 Å². The van der Waals surface area contributed by atoms with Gasteiger partial charge in [-0.1, -0.05) is 13.0 Å². The van der Waals surface area contributed by atoms with E-state index in [0.29, 0.717) is 24.3 Å². The lowest BCUT2D eigenvalue weighted by molar-refractivity contribution is 0.149. The van der Waals surface area contributed by atoms with E-state index in [-0.39, 0.29) is 17.8 Å². The second-order valence-electron chi connectivity index (χ2n) is 4.40. The summed E-state index contributed by atoms with van der Waals surface area (Å²) in [7, 11) is 3.16. The molecule has 5 heteroatoms. The van der Waals surface area contributed by atoms with Crippen LogP contribution in [0.4, 0.5) is 4.39 Å². The number of rotatable bonds is 7. The summed E-state index contributed by atoms with van der Waals surface area (Å²) in [5, 5.41) is 0. The fourth-order valence-corrected chi connectivity index (χ4v) is 1.96. The number of methoxy groups -OCH3 is 2. The minimum atomic E-state index is -0.318. The molecule has 18 heavy (non-hydrogen) atoms. The fraction of sp³-hybridized carbons (Fsp3) is 0.538. The van der Waals surface area contributed by atoms with Gasteiger partial charge in [0.1, 0.15) is 11.6 Å². The molecular formula is C13H21FN2O2. The summed E-state index contributed by atoms with van der Waals surface area (Å²) >= 11 is 0. The molecule has 102 valence electrons. The lowest BCUT2D eigenvalue weighted by Crippen LogP contribution is -2.30. The maximum absolute atomic E-state index is 13.9. The molecule has 0 aliphatic carbocycles. The topological polar surface area (TPSA) is 56.5 Å². The van der Waals surface area contributed by atoms with Crippen LogP contribution in [0.1, 0.15) is 24.9 Å². The maximum atomic E-state index is 13.9. The Kier molecular flexibility index (Phi) is 6.04. The van der Waals surface area contributed by atoms with Gasteiger partial charge in [0.05, 0.1) is 7.11 Å². The summed E-state index contributed by atoms with van der Waals surface area (Å²) in [4.78, 5) is 0. The van der Waals surface area contributed by atoms with Crippen molar-refractivity contribution >= 4 is 0 Å². The molecule has 0 aromatic heterocycles. The Labute approximate surface area is 107 Å². The van der Waals surface area contributed by atoms with Crippen molar-refractivity contribution in [2.75, 3.05) is 20.8 Å². The van der Waals surface area contributed by atoms with E-state index in [9.17, 15) is 4.39 Å². The quantitative estimate of drug-likeness (QED) is 0.579. The van der Waals surface area contributed by atoms with Crippen LogP contribution < -0.4 is 16.0 Å².